The Labute approximate surface area is 208 Å². The zero-order valence-corrected chi connectivity index (χ0v) is 20.4. The van der Waals surface area contributed by atoms with Gasteiger partial charge in [0.2, 0.25) is 0 Å². The maximum absolute atomic E-state index is 13.6. The van der Waals surface area contributed by atoms with Crippen molar-refractivity contribution in [3.8, 4) is 11.3 Å². The summed E-state index contributed by atoms with van der Waals surface area (Å²) < 4.78 is 25.3. The molecule has 6 rings (SSSR count). The number of amides is 1. The first-order chi connectivity index (χ1) is 17.4. The molecule has 182 valence electrons. The van der Waals surface area contributed by atoms with Crippen LogP contribution in [0.3, 0.4) is 0 Å². The number of carbonyl (C=O) groups excluding carboxylic acids is 1. The van der Waals surface area contributed by atoms with Crippen molar-refractivity contribution in [2.24, 2.45) is 0 Å². The van der Waals surface area contributed by atoms with Crippen LogP contribution in [0.1, 0.15) is 45.8 Å². The zero-order chi connectivity index (χ0) is 25.1. The highest BCUT2D eigenvalue weighted by atomic mass is 19.1. The first kappa shape index (κ1) is 22.8. The van der Waals surface area contributed by atoms with Crippen molar-refractivity contribution in [2.45, 2.75) is 32.3 Å². The smallest absolute Gasteiger partial charge is 0.455 e. The highest BCUT2D eigenvalue weighted by molar-refractivity contribution is 6.62. The van der Waals surface area contributed by atoms with Crippen LogP contribution in [0.5, 0.6) is 0 Å². The third kappa shape index (κ3) is 3.68. The van der Waals surface area contributed by atoms with Gasteiger partial charge < -0.3 is 24.3 Å². The second-order valence-electron chi connectivity index (χ2n) is 9.63. The fraction of sp³-hybridized carbons (Fsp3) is 0.250. The lowest BCUT2D eigenvalue weighted by Crippen LogP contribution is -2.30. The van der Waals surface area contributed by atoms with Crippen molar-refractivity contribution in [1.29, 1.82) is 0 Å². The van der Waals surface area contributed by atoms with Crippen LogP contribution >= 0.6 is 0 Å². The number of nitrogens with one attached hydrogen (secondary N) is 1. The number of benzene rings is 3. The van der Waals surface area contributed by atoms with Gasteiger partial charge in [0.05, 0.1) is 12.2 Å². The molecule has 1 saturated carbocycles. The minimum Gasteiger partial charge on any atom is -0.455 e. The standard InChI is InChI=1S/C28H26BFN2O4/c1-15-10-20(11-18-14-35-29(34)26(15)18)32(3)23-13-24-22(12-21(23)16-4-5-16)25(28(33)31-2)27(36-24)17-6-8-19(30)9-7-17/h6-13,16,34H,4-5,14H2,1-3H3,(H,31,33). The summed E-state index contributed by atoms with van der Waals surface area (Å²) >= 11 is 0. The molecule has 1 fully saturated rings. The number of hydrogen-bond acceptors (Lipinski definition) is 5. The molecule has 1 amide bonds. The minimum atomic E-state index is -0.881. The van der Waals surface area contributed by atoms with Gasteiger partial charge in [-0.3, -0.25) is 4.79 Å². The van der Waals surface area contributed by atoms with E-state index in [0.717, 1.165) is 51.8 Å². The summed E-state index contributed by atoms with van der Waals surface area (Å²) in [6.07, 6.45) is 2.18. The third-order valence-electron chi connectivity index (χ3n) is 7.26. The summed E-state index contributed by atoms with van der Waals surface area (Å²) in [7, 11) is 2.73. The molecule has 8 heteroatoms. The molecule has 0 saturated heterocycles. The molecule has 2 aliphatic rings. The van der Waals surface area contributed by atoms with Crippen LogP contribution in [-0.2, 0) is 11.3 Å². The predicted octanol–water partition coefficient (Wildman–Crippen LogP) is 4.77. The SMILES string of the molecule is CNC(=O)c1c(-c2ccc(F)cc2)oc2cc(N(C)c3cc(C)c4c(c3)COB4O)c(C3CC3)cc12. The molecule has 2 N–H and O–H groups in total. The molecule has 0 spiro atoms. The van der Waals surface area contributed by atoms with E-state index < -0.39 is 7.12 Å². The van der Waals surface area contributed by atoms with Crippen LogP contribution in [0.25, 0.3) is 22.3 Å². The Bertz CT molecular complexity index is 1510. The molecular formula is C28H26BFN2O4. The van der Waals surface area contributed by atoms with E-state index >= 15 is 0 Å². The Morgan fingerprint density at radius 1 is 1.17 bits per heavy atom. The molecular weight excluding hydrogens is 458 g/mol. The molecule has 1 aliphatic heterocycles. The molecule has 0 unspecified atom stereocenters. The van der Waals surface area contributed by atoms with E-state index in [4.69, 9.17) is 9.07 Å². The summed E-state index contributed by atoms with van der Waals surface area (Å²) in [6.45, 7) is 2.36. The number of fused-ring (bicyclic) bond motifs is 2. The molecule has 2 heterocycles. The summed E-state index contributed by atoms with van der Waals surface area (Å²) in [5.74, 6) is 0.238. The van der Waals surface area contributed by atoms with Gasteiger partial charge in [0, 0.05) is 42.5 Å². The van der Waals surface area contributed by atoms with E-state index in [9.17, 15) is 14.2 Å². The largest absolute Gasteiger partial charge is 0.492 e. The normalized spacial score (nSPS) is 14.9. The Balaban J connectivity index is 1.52. The van der Waals surface area contributed by atoms with Crippen molar-refractivity contribution in [3.63, 3.8) is 0 Å². The molecule has 4 aromatic rings. The number of furan rings is 1. The summed E-state index contributed by atoms with van der Waals surface area (Å²) in [5.41, 5.74) is 7.65. The lowest BCUT2D eigenvalue weighted by atomic mass is 9.76. The fourth-order valence-corrected chi connectivity index (χ4v) is 5.22. The van der Waals surface area contributed by atoms with Crippen LogP contribution < -0.4 is 15.7 Å². The van der Waals surface area contributed by atoms with Gasteiger partial charge in [0.25, 0.3) is 5.91 Å². The molecule has 6 nitrogen and oxygen atoms in total. The van der Waals surface area contributed by atoms with Crippen LogP contribution in [0, 0.1) is 12.7 Å². The second kappa shape index (κ2) is 8.50. The molecule has 3 aromatic carbocycles. The predicted molar refractivity (Wildman–Crippen MR) is 139 cm³/mol. The lowest BCUT2D eigenvalue weighted by molar-refractivity contribution is 0.0964. The molecule has 1 aromatic heterocycles. The number of halogens is 1. The van der Waals surface area contributed by atoms with Crippen molar-refractivity contribution in [2.75, 3.05) is 19.0 Å². The zero-order valence-electron chi connectivity index (χ0n) is 20.4. The molecule has 0 radical (unpaired) electrons. The van der Waals surface area contributed by atoms with Crippen LogP contribution in [0.4, 0.5) is 15.8 Å². The second-order valence-corrected chi connectivity index (χ2v) is 9.63. The average Bonchev–Trinajstić information content (AvgIpc) is 3.56. The van der Waals surface area contributed by atoms with Crippen molar-refractivity contribution >= 4 is 40.8 Å². The number of nitrogens with zero attached hydrogens (tertiary/aromatic N) is 1. The molecule has 0 bridgehead atoms. The quantitative estimate of drug-likeness (QED) is 0.400. The topological polar surface area (TPSA) is 74.9 Å². The van der Waals surface area contributed by atoms with Crippen LogP contribution in [0.2, 0.25) is 0 Å². The van der Waals surface area contributed by atoms with Gasteiger partial charge in [-0.05, 0) is 90.3 Å². The number of rotatable bonds is 5. The average molecular weight is 484 g/mol. The van der Waals surface area contributed by atoms with Crippen molar-refractivity contribution in [3.05, 3.63) is 76.6 Å². The summed E-state index contributed by atoms with van der Waals surface area (Å²) in [6, 6.07) is 14.2. The van der Waals surface area contributed by atoms with E-state index in [1.54, 1.807) is 19.2 Å². The van der Waals surface area contributed by atoms with E-state index in [-0.39, 0.29) is 11.7 Å². The van der Waals surface area contributed by atoms with E-state index in [2.05, 4.69) is 28.4 Å². The maximum atomic E-state index is 13.6. The van der Waals surface area contributed by atoms with Gasteiger partial charge in [0.15, 0.2) is 0 Å². The van der Waals surface area contributed by atoms with Gasteiger partial charge in [-0.25, -0.2) is 4.39 Å². The van der Waals surface area contributed by atoms with Crippen molar-refractivity contribution < 1.29 is 23.3 Å². The van der Waals surface area contributed by atoms with Gasteiger partial charge in [-0.15, -0.1) is 0 Å². The van der Waals surface area contributed by atoms with Gasteiger partial charge in [-0.1, -0.05) is 0 Å². The van der Waals surface area contributed by atoms with Crippen molar-refractivity contribution in [1.82, 2.24) is 5.32 Å². The first-order valence-corrected chi connectivity index (χ1v) is 12.1. The van der Waals surface area contributed by atoms with E-state index in [1.165, 1.54) is 12.1 Å². The van der Waals surface area contributed by atoms with E-state index in [0.29, 0.717) is 35.0 Å². The highest BCUT2D eigenvalue weighted by Crippen LogP contribution is 2.48. The number of carbonyl (C=O) groups is 1. The Morgan fingerprint density at radius 2 is 1.92 bits per heavy atom. The third-order valence-corrected chi connectivity index (χ3v) is 7.26. The van der Waals surface area contributed by atoms with Gasteiger partial charge >= 0.3 is 7.12 Å². The van der Waals surface area contributed by atoms with E-state index in [1.807, 2.05) is 20.0 Å². The Kier molecular flexibility index (Phi) is 5.39. The summed E-state index contributed by atoms with van der Waals surface area (Å²) in [5, 5.41) is 13.6. The molecule has 1 aliphatic carbocycles. The number of aryl methyl sites for hydroxylation is 1. The Hall–Kier alpha value is -3.62. The van der Waals surface area contributed by atoms with Gasteiger partial charge in [-0.2, -0.15) is 0 Å². The highest BCUT2D eigenvalue weighted by Gasteiger charge is 2.33. The van der Waals surface area contributed by atoms with Gasteiger partial charge in [0.1, 0.15) is 17.2 Å². The molecule has 0 atom stereocenters. The number of anilines is 2. The first-order valence-electron chi connectivity index (χ1n) is 12.1. The monoisotopic (exact) mass is 484 g/mol. The number of hydrogen-bond donors (Lipinski definition) is 2. The molecule has 36 heavy (non-hydrogen) atoms. The minimum absolute atomic E-state index is 0.247. The summed E-state index contributed by atoms with van der Waals surface area (Å²) in [4.78, 5) is 15.1. The maximum Gasteiger partial charge on any atom is 0.492 e. The van der Waals surface area contributed by atoms with Crippen LogP contribution in [0.15, 0.2) is 52.9 Å². The van der Waals surface area contributed by atoms with Crippen LogP contribution in [-0.4, -0.2) is 32.1 Å². The lowest BCUT2D eigenvalue weighted by Gasteiger charge is -2.24. The Morgan fingerprint density at radius 3 is 2.61 bits per heavy atom. The fourth-order valence-electron chi connectivity index (χ4n) is 5.22.